The predicted molar refractivity (Wildman–Crippen MR) is 101 cm³/mol. The van der Waals surface area contributed by atoms with E-state index in [1.807, 2.05) is 18.2 Å². The van der Waals surface area contributed by atoms with Crippen molar-refractivity contribution in [2.45, 2.75) is 44.6 Å². The van der Waals surface area contributed by atoms with Crippen LogP contribution in [0.25, 0.3) is 0 Å². The van der Waals surface area contributed by atoms with E-state index in [9.17, 15) is 4.79 Å². The van der Waals surface area contributed by atoms with Gasteiger partial charge in [-0.2, -0.15) is 0 Å². The summed E-state index contributed by atoms with van der Waals surface area (Å²) in [6.07, 6.45) is 4.77. The lowest BCUT2D eigenvalue weighted by atomic mass is 9.59. The van der Waals surface area contributed by atoms with Crippen LogP contribution in [0.1, 0.15) is 43.7 Å². The van der Waals surface area contributed by atoms with Gasteiger partial charge in [-0.3, -0.25) is 4.79 Å². The lowest BCUT2D eigenvalue weighted by Gasteiger charge is -2.42. The number of benzene rings is 2. The minimum atomic E-state index is -0.495. The molecular weight excluding hydrogens is 324 g/mol. The van der Waals surface area contributed by atoms with Gasteiger partial charge in [-0.25, -0.2) is 0 Å². The van der Waals surface area contributed by atoms with Gasteiger partial charge in [-0.05, 0) is 62.3 Å². The number of rotatable bonds is 5. The van der Waals surface area contributed by atoms with E-state index in [2.05, 4.69) is 43.3 Å². The number of ether oxygens (including phenoxy) is 2. The maximum absolute atomic E-state index is 12.9. The molecule has 2 aromatic rings. The zero-order valence-corrected chi connectivity index (χ0v) is 15.5. The van der Waals surface area contributed by atoms with Crippen LogP contribution in [-0.4, -0.2) is 13.1 Å². The molecule has 1 saturated heterocycles. The highest BCUT2D eigenvalue weighted by molar-refractivity contribution is 5.81. The van der Waals surface area contributed by atoms with Gasteiger partial charge in [0, 0.05) is 5.92 Å². The van der Waals surface area contributed by atoms with Crippen LogP contribution in [0, 0.1) is 11.3 Å². The molecule has 0 radical (unpaired) electrons. The molecule has 3 atom stereocenters. The van der Waals surface area contributed by atoms with Gasteiger partial charge < -0.3 is 9.47 Å². The minimum Gasteiger partial charge on any atom is -0.497 e. The molecule has 1 heterocycles. The third-order valence-corrected chi connectivity index (χ3v) is 6.46. The minimum absolute atomic E-state index is 0.0242. The number of methoxy groups -OCH3 is 1. The quantitative estimate of drug-likeness (QED) is 0.721. The highest BCUT2D eigenvalue weighted by Crippen LogP contribution is 2.61. The lowest BCUT2D eigenvalue weighted by molar-refractivity contribution is -0.153. The summed E-state index contributed by atoms with van der Waals surface area (Å²) in [4.78, 5) is 12.9. The highest BCUT2D eigenvalue weighted by atomic mass is 16.6. The van der Waals surface area contributed by atoms with Crippen molar-refractivity contribution in [2.24, 2.45) is 11.3 Å². The molecule has 0 unspecified atom stereocenters. The summed E-state index contributed by atoms with van der Waals surface area (Å²) in [5, 5.41) is 0. The summed E-state index contributed by atoms with van der Waals surface area (Å²) >= 11 is 0. The van der Waals surface area contributed by atoms with Crippen molar-refractivity contribution in [1.82, 2.24) is 0 Å². The molecule has 0 spiro atoms. The second kappa shape index (κ2) is 6.46. The van der Waals surface area contributed by atoms with E-state index in [1.54, 1.807) is 7.11 Å². The van der Waals surface area contributed by atoms with E-state index < -0.39 is 5.60 Å². The molecule has 0 N–H and O–H groups in total. The van der Waals surface area contributed by atoms with Gasteiger partial charge >= 0.3 is 5.97 Å². The van der Waals surface area contributed by atoms with Crippen LogP contribution in [0.4, 0.5) is 0 Å². The first-order valence-electron chi connectivity index (χ1n) is 9.50. The van der Waals surface area contributed by atoms with E-state index in [4.69, 9.17) is 9.47 Å². The van der Waals surface area contributed by atoms with Crippen molar-refractivity contribution >= 4 is 5.97 Å². The third-order valence-electron chi connectivity index (χ3n) is 6.46. The molecule has 136 valence electrons. The van der Waals surface area contributed by atoms with Crippen molar-refractivity contribution in [3.63, 3.8) is 0 Å². The number of hydrogen-bond acceptors (Lipinski definition) is 3. The number of fused-ring (bicyclic) bond motifs is 2. The Morgan fingerprint density at radius 3 is 2.50 bits per heavy atom. The monoisotopic (exact) mass is 350 g/mol. The summed E-state index contributed by atoms with van der Waals surface area (Å²) in [5.74, 6) is 1.00. The van der Waals surface area contributed by atoms with Crippen molar-refractivity contribution in [3.05, 3.63) is 65.7 Å². The largest absolute Gasteiger partial charge is 0.497 e. The summed E-state index contributed by atoms with van der Waals surface area (Å²) in [7, 11) is 1.67. The van der Waals surface area contributed by atoms with Gasteiger partial charge in [-0.15, -0.1) is 0 Å². The Morgan fingerprint density at radius 2 is 1.81 bits per heavy atom. The average molecular weight is 350 g/mol. The summed E-state index contributed by atoms with van der Waals surface area (Å²) in [6.45, 7) is 2.11. The summed E-state index contributed by atoms with van der Waals surface area (Å²) in [5.41, 5.74) is 1.55. The van der Waals surface area contributed by atoms with Gasteiger partial charge in [0.05, 0.1) is 12.5 Å². The first-order valence-corrected chi connectivity index (χ1v) is 9.50. The Bertz CT molecular complexity index is 783. The number of carbonyl (C=O) groups excluding carboxylic acids is 1. The van der Waals surface area contributed by atoms with Crippen LogP contribution in [0.5, 0.6) is 5.75 Å². The van der Waals surface area contributed by atoms with Crippen molar-refractivity contribution in [1.29, 1.82) is 0 Å². The molecule has 2 aliphatic rings. The first-order chi connectivity index (χ1) is 12.6. The van der Waals surface area contributed by atoms with E-state index in [0.717, 1.165) is 43.4 Å². The maximum atomic E-state index is 12.9. The Hall–Kier alpha value is -2.29. The molecule has 2 bridgehead atoms. The maximum Gasteiger partial charge on any atom is 0.313 e. The van der Waals surface area contributed by atoms with Crippen molar-refractivity contribution in [3.8, 4) is 5.75 Å². The van der Waals surface area contributed by atoms with Gasteiger partial charge in [0.15, 0.2) is 0 Å². The normalized spacial score (nSPS) is 30.1. The average Bonchev–Trinajstić information content (AvgIpc) is 2.79. The van der Waals surface area contributed by atoms with E-state index in [1.165, 1.54) is 5.56 Å². The standard InChI is InChI=1S/C23H26O3/c1-22-15-6-16-23(26-21(22)24,18-10-12-19(25-2)13-11-18)20(22)14-9-17-7-4-3-5-8-17/h3-5,7-8,10-13,20H,6,9,14-16H2,1-2H3/t20-,22-,23-/m0/s1. The molecule has 4 rings (SSSR count). The van der Waals surface area contributed by atoms with Crippen molar-refractivity contribution in [2.75, 3.05) is 7.11 Å². The smallest absolute Gasteiger partial charge is 0.313 e. The molecule has 1 aliphatic heterocycles. The molecule has 3 nitrogen and oxygen atoms in total. The van der Waals surface area contributed by atoms with Crippen LogP contribution >= 0.6 is 0 Å². The molecule has 2 aromatic carbocycles. The molecule has 26 heavy (non-hydrogen) atoms. The van der Waals surface area contributed by atoms with Crippen LogP contribution in [0.15, 0.2) is 54.6 Å². The Morgan fingerprint density at radius 1 is 1.08 bits per heavy atom. The number of esters is 1. The number of aryl methyl sites for hydroxylation is 1. The Kier molecular flexibility index (Phi) is 4.26. The van der Waals surface area contributed by atoms with Gasteiger partial charge in [0.2, 0.25) is 0 Å². The molecule has 1 saturated carbocycles. The number of hydrogen-bond donors (Lipinski definition) is 0. The van der Waals surface area contributed by atoms with E-state index in [-0.39, 0.29) is 17.3 Å². The van der Waals surface area contributed by atoms with E-state index in [0.29, 0.717) is 0 Å². The van der Waals surface area contributed by atoms with E-state index >= 15 is 0 Å². The fraction of sp³-hybridized carbons (Fsp3) is 0.435. The second-order valence-corrected chi connectivity index (χ2v) is 7.86. The lowest BCUT2D eigenvalue weighted by Crippen LogP contribution is -2.42. The highest BCUT2D eigenvalue weighted by Gasteiger charge is 2.64. The molecule has 2 fully saturated rings. The van der Waals surface area contributed by atoms with Crippen LogP contribution in [-0.2, 0) is 21.6 Å². The topological polar surface area (TPSA) is 35.5 Å². The Balaban J connectivity index is 1.68. The Labute approximate surface area is 155 Å². The molecule has 0 aromatic heterocycles. The van der Waals surface area contributed by atoms with Crippen molar-refractivity contribution < 1.29 is 14.3 Å². The van der Waals surface area contributed by atoms with Crippen LogP contribution in [0.2, 0.25) is 0 Å². The SMILES string of the molecule is COc1ccc([C@]23CCC[C@](C)(C(=O)O2)[C@@H]3CCc2ccccc2)cc1. The zero-order valence-electron chi connectivity index (χ0n) is 15.5. The molecule has 3 heteroatoms. The molecular formula is C23H26O3. The zero-order chi connectivity index (χ0) is 18.2. The fourth-order valence-electron chi connectivity index (χ4n) is 5.01. The number of carbonyl (C=O) groups is 1. The first kappa shape index (κ1) is 17.1. The second-order valence-electron chi connectivity index (χ2n) is 7.86. The van der Waals surface area contributed by atoms with Crippen LogP contribution in [0.3, 0.4) is 0 Å². The fourth-order valence-corrected chi connectivity index (χ4v) is 5.01. The van der Waals surface area contributed by atoms with Crippen LogP contribution < -0.4 is 4.74 Å². The van der Waals surface area contributed by atoms with Gasteiger partial charge in [0.1, 0.15) is 11.4 Å². The third kappa shape index (κ3) is 2.61. The van der Waals surface area contributed by atoms with Gasteiger partial charge in [0.25, 0.3) is 0 Å². The van der Waals surface area contributed by atoms with Gasteiger partial charge in [-0.1, -0.05) is 42.5 Å². The molecule has 0 amide bonds. The summed E-state index contributed by atoms with van der Waals surface area (Å²) < 4.78 is 11.5. The molecule has 1 aliphatic carbocycles. The summed E-state index contributed by atoms with van der Waals surface area (Å²) in [6, 6.07) is 18.6. The predicted octanol–water partition coefficient (Wildman–Crippen LogP) is 4.89.